The van der Waals surface area contributed by atoms with E-state index in [4.69, 9.17) is 9.47 Å². The van der Waals surface area contributed by atoms with E-state index in [0.29, 0.717) is 44.5 Å². The Morgan fingerprint density at radius 1 is 0.871 bits per heavy atom. The van der Waals surface area contributed by atoms with E-state index in [-0.39, 0.29) is 5.41 Å². The summed E-state index contributed by atoms with van der Waals surface area (Å²) < 4.78 is 12.5. The highest BCUT2D eigenvalue weighted by Gasteiger charge is 2.50. The van der Waals surface area contributed by atoms with Crippen molar-refractivity contribution in [1.29, 1.82) is 0 Å². The van der Waals surface area contributed by atoms with E-state index in [1.54, 1.807) is 0 Å². The van der Waals surface area contributed by atoms with Crippen molar-refractivity contribution in [2.75, 3.05) is 13.2 Å². The van der Waals surface area contributed by atoms with Crippen molar-refractivity contribution in [2.24, 2.45) is 11.3 Å². The number of Topliss-reactive ketones (excluding diaryl/α,β-unsaturated/α-hetero) is 1. The highest BCUT2D eigenvalue weighted by molar-refractivity contribution is 6.87. The molecule has 31 heavy (non-hydrogen) atoms. The average molecular weight is 435 g/mol. The fraction of sp³-hybridized carbons (Fsp3) is 0.444. The van der Waals surface area contributed by atoms with Crippen LogP contribution in [-0.4, -0.2) is 27.1 Å². The van der Waals surface area contributed by atoms with E-state index in [0.717, 1.165) is 12.8 Å². The number of ketones is 1. The van der Waals surface area contributed by atoms with Crippen molar-refractivity contribution in [3.8, 4) is 0 Å². The van der Waals surface area contributed by atoms with Crippen LogP contribution in [0.1, 0.15) is 30.4 Å². The predicted molar refractivity (Wildman–Crippen MR) is 127 cm³/mol. The first kappa shape index (κ1) is 22.2. The van der Waals surface area contributed by atoms with Gasteiger partial charge in [-0.15, -0.1) is 0 Å². The summed E-state index contributed by atoms with van der Waals surface area (Å²) in [6.45, 7) is 9.47. The van der Waals surface area contributed by atoms with E-state index < -0.39 is 8.07 Å². The molecule has 0 aliphatic heterocycles. The number of fused-ring (bicyclic) bond motifs is 1. The summed E-state index contributed by atoms with van der Waals surface area (Å²) in [4.78, 5) is 12.8. The third kappa shape index (κ3) is 5.25. The smallest absolute Gasteiger partial charge is 0.155 e. The van der Waals surface area contributed by atoms with Crippen LogP contribution >= 0.6 is 0 Å². The van der Waals surface area contributed by atoms with Crippen molar-refractivity contribution in [3.05, 3.63) is 82.6 Å². The highest BCUT2D eigenvalue weighted by atomic mass is 28.3. The second kappa shape index (κ2) is 9.23. The number of allylic oxidation sites excluding steroid dienone is 2. The molecule has 2 aliphatic rings. The fourth-order valence-electron chi connectivity index (χ4n) is 5.34. The van der Waals surface area contributed by atoms with Gasteiger partial charge in [-0.3, -0.25) is 4.79 Å². The molecule has 0 N–H and O–H groups in total. The van der Waals surface area contributed by atoms with Gasteiger partial charge in [0.2, 0.25) is 0 Å². The molecular weight excluding hydrogens is 400 g/mol. The Bertz CT molecular complexity index is 882. The van der Waals surface area contributed by atoms with Gasteiger partial charge in [-0.05, 0) is 35.1 Å². The van der Waals surface area contributed by atoms with Crippen LogP contribution in [-0.2, 0) is 27.5 Å². The third-order valence-corrected chi connectivity index (χ3v) is 8.66. The quantitative estimate of drug-likeness (QED) is 0.457. The lowest BCUT2D eigenvalue weighted by molar-refractivity contribution is -0.115. The number of rotatable bonds is 9. The SMILES string of the molecule is C[Si](C)(C)C1=C2CC(COCc3ccccc3)(COCc3ccccc3)CC2CC1=O. The highest BCUT2D eigenvalue weighted by Crippen LogP contribution is 2.53. The standard InChI is InChI=1S/C27H34O3Si/c1-31(2,3)26-24-16-27(15-23(24)14-25(26)28,19-29-17-21-10-6-4-7-11-21)20-30-18-22-12-8-5-9-13-22/h4-13,23H,14-20H2,1-3H3. The van der Waals surface area contributed by atoms with E-state index in [1.165, 1.54) is 21.9 Å². The van der Waals surface area contributed by atoms with Crippen LogP contribution in [0.25, 0.3) is 0 Å². The van der Waals surface area contributed by atoms with E-state index in [2.05, 4.69) is 43.9 Å². The number of hydrogen-bond donors (Lipinski definition) is 0. The molecule has 0 amide bonds. The maximum Gasteiger partial charge on any atom is 0.155 e. The molecule has 1 atom stereocenters. The zero-order valence-electron chi connectivity index (χ0n) is 19.0. The molecule has 3 nitrogen and oxygen atoms in total. The van der Waals surface area contributed by atoms with Crippen LogP contribution in [0.5, 0.6) is 0 Å². The minimum Gasteiger partial charge on any atom is -0.376 e. The molecule has 0 saturated heterocycles. The van der Waals surface area contributed by atoms with Crippen LogP contribution < -0.4 is 0 Å². The average Bonchev–Trinajstić information content (AvgIpc) is 3.21. The van der Waals surface area contributed by atoms with Crippen molar-refractivity contribution >= 4 is 13.9 Å². The Morgan fingerprint density at radius 2 is 1.39 bits per heavy atom. The summed E-state index contributed by atoms with van der Waals surface area (Å²) in [6, 6.07) is 20.7. The van der Waals surface area contributed by atoms with Crippen LogP contribution in [0, 0.1) is 11.3 Å². The van der Waals surface area contributed by atoms with Gasteiger partial charge in [0.05, 0.1) is 34.5 Å². The zero-order valence-corrected chi connectivity index (χ0v) is 20.0. The first-order valence-electron chi connectivity index (χ1n) is 11.4. The maximum atomic E-state index is 12.8. The minimum absolute atomic E-state index is 0.0465. The van der Waals surface area contributed by atoms with Crippen LogP contribution in [0.4, 0.5) is 0 Å². The molecule has 0 radical (unpaired) electrons. The van der Waals surface area contributed by atoms with Gasteiger partial charge >= 0.3 is 0 Å². The molecule has 2 aromatic rings. The molecule has 0 aromatic heterocycles. The molecule has 2 aliphatic carbocycles. The number of hydrogen-bond acceptors (Lipinski definition) is 3. The summed E-state index contributed by atoms with van der Waals surface area (Å²) in [6.07, 6.45) is 2.62. The molecule has 4 heteroatoms. The Balaban J connectivity index is 1.49. The monoisotopic (exact) mass is 434 g/mol. The molecule has 4 rings (SSSR count). The number of benzene rings is 2. The van der Waals surface area contributed by atoms with Crippen LogP contribution in [0.3, 0.4) is 0 Å². The van der Waals surface area contributed by atoms with Crippen molar-refractivity contribution in [2.45, 2.75) is 52.1 Å². The van der Waals surface area contributed by atoms with Gasteiger partial charge in [0, 0.05) is 11.8 Å². The maximum absolute atomic E-state index is 12.8. The lowest BCUT2D eigenvalue weighted by atomic mass is 9.86. The number of ether oxygens (including phenoxy) is 2. The number of carbonyl (C=O) groups is 1. The minimum atomic E-state index is -1.65. The van der Waals surface area contributed by atoms with Gasteiger partial charge < -0.3 is 9.47 Å². The van der Waals surface area contributed by atoms with Crippen LogP contribution in [0.15, 0.2) is 71.4 Å². The molecule has 1 saturated carbocycles. The summed E-state index contributed by atoms with van der Waals surface area (Å²) in [5.41, 5.74) is 3.77. The Kier molecular flexibility index (Phi) is 6.61. The normalized spacial score (nSPS) is 20.4. The van der Waals surface area contributed by atoms with Gasteiger partial charge in [-0.2, -0.15) is 0 Å². The topological polar surface area (TPSA) is 35.5 Å². The Morgan fingerprint density at radius 3 is 1.87 bits per heavy atom. The summed E-state index contributed by atoms with van der Waals surface area (Å²) in [5, 5.41) is 1.20. The molecule has 0 spiro atoms. The lowest BCUT2D eigenvalue weighted by Crippen LogP contribution is -2.32. The van der Waals surface area contributed by atoms with E-state index in [1.807, 2.05) is 36.4 Å². The third-order valence-electron chi connectivity index (χ3n) is 6.56. The van der Waals surface area contributed by atoms with Gasteiger partial charge in [-0.1, -0.05) is 85.9 Å². The molecule has 1 fully saturated rings. The summed E-state index contributed by atoms with van der Waals surface area (Å²) in [5.74, 6) is 0.790. The molecule has 2 aromatic carbocycles. The van der Waals surface area contributed by atoms with E-state index >= 15 is 0 Å². The Hall–Kier alpha value is -2.01. The second-order valence-corrected chi connectivity index (χ2v) is 15.3. The van der Waals surface area contributed by atoms with Crippen LogP contribution in [0.2, 0.25) is 19.6 Å². The van der Waals surface area contributed by atoms with Crippen molar-refractivity contribution in [1.82, 2.24) is 0 Å². The summed E-state index contributed by atoms with van der Waals surface area (Å²) in [7, 11) is -1.65. The van der Waals surface area contributed by atoms with Gasteiger partial charge in [0.25, 0.3) is 0 Å². The lowest BCUT2D eigenvalue weighted by Gasteiger charge is -2.30. The first-order chi connectivity index (χ1) is 14.9. The van der Waals surface area contributed by atoms with Gasteiger partial charge in [0.1, 0.15) is 0 Å². The second-order valence-electron chi connectivity index (χ2n) is 10.3. The van der Waals surface area contributed by atoms with Gasteiger partial charge in [-0.25, -0.2) is 0 Å². The first-order valence-corrected chi connectivity index (χ1v) is 14.9. The predicted octanol–water partition coefficient (Wildman–Crippen LogP) is 5.96. The molecule has 164 valence electrons. The summed E-state index contributed by atoms with van der Waals surface area (Å²) >= 11 is 0. The van der Waals surface area contributed by atoms with Gasteiger partial charge in [0.15, 0.2) is 5.78 Å². The zero-order chi connectivity index (χ0) is 21.9. The molecule has 1 unspecified atom stereocenters. The van der Waals surface area contributed by atoms with Crippen molar-refractivity contribution < 1.29 is 14.3 Å². The largest absolute Gasteiger partial charge is 0.376 e. The molecule has 0 bridgehead atoms. The molecular formula is C27H34O3Si. The van der Waals surface area contributed by atoms with Crippen molar-refractivity contribution in [3.63, 3.8) is 0 Å². The molecule has 0 heterocycles. The van der Waals surface area contributed by atoms with E-state index in [9.17, 15) is 4.79 Å². The number of carbonyl (C=O) groups excluding carboxylic acids is 1. The Labute approximate surface area is 187 Å². The fourth-order valence-corrected chi connectivity index (χ4v) is 7.53.